The van der Waals surface area contributed by atoms with Crippen LogP contribution in [0.5, 0.6) is 0 Å². The molecule has 0 aromatic carbocycles. The minimum Gasteiger partial charge on any atom is -0.444 e. The minimum absolute atomic E-state index is 0.0498. The summed E-state index contributed by atoms with van der Waals surface area (Å²) < 4.78 is 5.71. The van der Waals surface area contributed by atoms with E-state index in [1.54, 1.807) is 0 Å². The van der Waals surface area contributed by atoms with Crippen molar-refractivity contribution in [2.24, 2.45) is 0 Å². The highest BCUT2D eigenvalue weighted by Crippen LogP contribution is 2.63. The van der Waals surface area contributed by atoms with Crippen molar-refractivity contribution in [3.8, 4) is 0 Å². The Balaban J connectivity index is 2.11. The Hall–Kier alpha value is -0.0300. The molecule has 1 aliphatic carbocycles. The zero-order chi connectivity index (χ0) is 13.6. The van der Waals surface area contributed by atoms with Crippen LogP contribution < -0.4 is 0 Å². The quantitative estimate of drug-likeness (QED) is 0.727. The Labute approximate surface area is 118 Å². The molecule has 2 rings (SSSR count). The summed E-state index contributed by atoms with van der Waals surface area (Å²) in [6.07, 6.45) is 7.64. The number of nitrogens with zero attached hydrogens (tertiary/aromatic N) is 1. The second kappa shape index (κ2) is 4.51. The first-order valence-corrected chi connectivity index (χ1v) is 8.86. The van der Waals surface area contributed by atoms with Crippen molar-refractivity contribution < 1.29 is 9.53 Å². The summed E-state index contributed by atoms with van der Waals surface area (Å²) in [4.78, 5) is 14.2. The van der Waals surface area contributed by atoms with Crippen molar-refractivity contribution in [1.29, 1.82) is 0 Å². The number of amides is 1. The Kier molecular flexibility index (Phi) is 3.61. The van der Waals surface area contributed by atoms with Crippen LogP contribution in [0.1, 0.15) is 40.0 Å². The third-order valence-corrected chi connectivity index (χ3v) is 7.38. The molecule has 1 spiro atoms. The van der Waals surface area contributed by atoms with Crippen molar-refractivity contribution in [3.63, 3.8) is 0 Å². The molecule has 1 saturated carbocycles. The van der Waals surface area contributed by atoms with Crippen LogP contribution in [-0.4, -0.2) is 45.3 Å². The Morgan fingerprint density at radius 3 is 2.11 bits per heavy atom. The molecule has 1 aliphatic heterocycles. The van der Waals surface area contributed by atoms with Gasteiger partial charge in [-0.3, -0.25) is 4.90 Å². The first-order valence-electron chi connectivity index (χ1n) is 6.41. The molecule has 0 atom stereocenters. The third-order valence-electron chi connectivity index (χ3n) is 4.05. The van der Waals surface area contributed by atoms with Gasteiger partial charge in [0.05, 0.1) is 12.1 Å². The molecule has 1 saturated heterocycles. The molecule has 0 aromatic heterocycles. The molecule has 0 unspecified atom stereocenters. The lowest BCUT2D eigenvalue weighted by molar-refractivity contribution is -0.0824. The van der Waals surface area contributed by atoms with Gasteiger partial charge in [-0.2, -0.15) is 0 Å². The highest BCUT2D eigenvalue weighted by Gasteiger charge is 2.68. The first kappa shape index (κ1) is 14.4. The van der Waals surface area contributed by atoms with Gasteiger partial charge in [-0.15, -0.1) is 23.5 Å². The van der Waals surface area contributed by atoms with E-state index in [2.05, 4.69) is 12.5 Å². The Morgan fingerprint density at radius 2 is 1.78 bits per heavy atom. The molecule has 1 amide bonds. The van der Waals surface area contributed by atoms with Gasteiger partial charge in [-0.05, 0) is 52.5 Å². The molecule has 2 aliphatic rings. The molecule has 0 bridgehead atoms. The molecular formula is C13H23NO2S2. The van der Waals surface area contributed by atoms with E-state index in [1.165, 1.54) is 6.42 Å². The van der Waals surface area contributed by atoms with E-state index in [0.29, 0.717) is 0 Å². The average molecular weight is 289 g/mol. The number of likely N-dealkylation sites (tertiary alicyclic amines) is 1. The van der Waals surface area contributed by atoms with Crippen LogP contribution in [0, 0.1) is 0 Å². The predicted molar refractivity (Wildman–Crippen MR) is 79.3 cm³/mol. The van der Waals surface area contributed by atoms with Gasteiger partial charge in [0.2, 0.25) is 0 Å². The topological polar surface area (TPSA) is 29.5 Å². The lowest BCUT2D eigenvalue weighted by Gasteiger charge is -2.68. The number of ether oxygens (including phenoxy) is 1. The highest BCUT2D eigenvalue weighted by atomic mass is 32.2. The largest absolute Gasteiger partial charge is 0.444 e. The van der Waals surface area contributed by atoms with Crippen LogP contribution in [0.15, 0.2) is 0 Å². The molecule has 18 heavy (non-hydrogen) atoms. The van der Waals surface area contributed by atoms with E-state index in [1.807, 2.05) is 49.2 Å². The maximum Gasteiger partial charge on any atom is 0.410 e. The summed E-state index contributed by atoms with van der Waals surface area (Å²) in [5, 5.41) is 0. The van der Waals surface area contributed by atoms with E-state index in [9.17, 15) is 4.79 Å². The van der Waals surface area contributed by atoms with Crippen molar-refractivity contribution in [2.45, 2.75) is 55.3 Å². The van der Waals surface area contributed by atoms with Crippen molar-refractivity contribution in [3.05, 3.63) is 0 Å². The second-order valence-electron chi connectivity index (χ2n) is 6.11. The molecular weight excluding hydrogens is 266 g/mol. The molecule has 0 N–H and O–H groups in total. The maximum absolute atomic E-state index is 12.3. The summed E-state index contributed by atoms with van der Waals surface area (Å²) in [6, 6.07) is 0. The minimum atomic E-state index is -0.404. The zero-order valence-corrected chi connectivity index (χ0v) is 13.5. The Bertz CT molecular complexity index is 343. The van der Waals surface area contributed by atoms with Crippen LogP contribution in [-0.2, 0) is 4.74 Å². The van der Waals surface area contributed by atoms with Crippen molar-refractivity contribution in [2.75, 3.05) is 19.1 Å². The van der Waals surface area contributed by atoms with Crippen LogP contribution >= 0.6 is 23.5 Å². The molecule has 1 heterocycles. The normalized spacial score (nSPS) is 24.4. The number of hydrogen-bond acceptors (Lipinski definition) is 4. The summed E-state index contributed by atoms with van der Waals surface area (Å²) >= 11 is 3.79. The van der Waals surface area contributed by atoms with Gasteiger partial charge >= 0.3 is 6.09 Å². The van der Waals surface area contributed by atoms with Gasteiger partial charge in [0.25, 0.3) is 0 Å². The monoisotopic (exact) mass is 289 g/mol. The fourth-order valence-corrected chi connectivity index (χ4v) is 5.50. The maximum atomic E-state index is 12.3. The molecule has 0 radical (unpaired) electrons. The lowest BCUT2D eigenvalue weighted by Crippen LogP contribution is -2.79. The van der Waals surface area contributed by atoms with E-state index >= 15 is 0 Å². The molecule has 104 valence electrons. The number of rotatable bonds is 2. The standard InChI is InChI=1S/C13H23NO2S2/c1-11(2,3)16-10(15)14-9-13(17-4,18-5)12(14)7-6-8-12/h6-9H2,1-5H3. The Morgan fingerprint density at radius 1 is 1.22 bits per heavy atom. The van der Waals surface area contributed by atoms with Gasteiger partial charge in [0, 0.05) is 0 Å². The van der Waals surface area contributed by atoms with Crippen LogP contribution in [0.25, 0.3) is 0 Å². The molecule has 0 aromatic rings. The number of carbonyl (C=O) groups excluding carboxylic acids is 1. The van der Waals surface area contributed by atoms with Crippen LogP contribution in [0.3, 0.4) is 0 Å². The van der Waals surface area contributed by atoms with E-state index in [4.69, 9.17) is 4.74 Å². The number of thioether (sulfide) groups is 2. The van der Waals surface area contributed by atoms with E-state index < -0.39 is 5.60 Å². The van der Waals surface area contributed by atoms with Gasteiger partial charge in [0.15, 0.2) is 0 Å². The van der Waals surface area contributed by atoms with Gasteiger partial charge in [-0.1, -0.05) is 0 Å². The molecule has 3 nitrogen and oxygen atoms in total. The van der Waals surface area contributed by atoms with Crippen LogP contribution in [0.2, 0.25) is 0 Å². The molecule has 2 fully saturated rings. The van der Waals surface area contributed by atoms with E-state index in [-0.39, 0.29) is 15.7 Å². The van der Waals surface area contributed by atoms with Gasteiger partial charge in [-0.25, -0.2) is 4.79 Å². The van der Waals surface area contributed by atoms with E-state index in [0.717, 1.165) is 19.4 Å². The smallest absolute Gasteiger partial charge is 0.410 e. The summed E-state index contributed by atoms with van der Waals surface area (Å²) in [5.74, 6) is 0. The fourth-order valence-electron chi connectivity index (χ4n) is 2.93. The van der Waals surface area contributed by atoms with Crippen LogP contribution in [0.4, 0.5) is 4.79 Å². The molecule has 5 heteroatoms. The SMILES string of the molecule is CSC1(SC)CN(C(=O)OC(C)(C)C)C12CCC2. The summed E-state index contributed by atoms with van der Waals surface area (Å²) in [6.45, 7) is 6.59. The van der Waals surface area contributed by atoms with Crippen molar-refractivity contribution in [1.82, 2.24) is 4.90 Å². The number of hydrogen-bond donors (Lipinski definition) is 0. The highest BCUT2D eigenvalue weighted by molar-refractivity contribution is 8.17. The van der Waals surface area contributed by atoms with Gasteiger partial charge in [0.1, 0.15) is 9.68 Å². The first-order chi connectivity index (χ1) is 8.30. The fraction of sp³-hybridized carbons (Fsp3) is 0.923. The predicted octanol–water partition coefficient (Wildman–Crippen LogP) is 3.58. The number of carbonyl (C=O) groups is 1. The average Bonchev–Trinajstić information content (AvgIpc) is 2.12. The lowest BCUT2D eigenvalue weighted by atomic mass is 9.67. The van der Waals surface area contributed by atoms with Crippen molar-refractivity contribution >= 4 is 29.6 Å². The third kappa shape index (κ3) is 1.94. The summed E-state index contributed by atoms with van der Waals surface area (Å²) in [7, 11) is 0. The second-order valence-corrected chi connectivity index (χ2v) is 8.58. The summed E-state index contributed by atoms with van der Waals surface area (Å²) in [5.41, 5.74) is -0.354. The van der Waals surface area contributed by atoms with Gasteiger partial charge < -0.3 is 4.74 Å². The zero-order valence-electron chi connectivity index (χ0n) is 11.9.